The predicted molar refractivity (Wildman–Crippen MR) is 115 cm³/mol. The fraction of sp³-hybridized carbons (Fsp3) is 0.125. The van der Waals surface area contributed by atoms with Gasteiger partial charge in [0.05, 0.1) is 19.2 Å². The highest BCUT2D eigenvalue weighted by Gasteiger charge is 2.19. The molecule has 3 nitrogen and oxygen atoms in total. The Morgan fingerprint density at radius 3 is 2.46 bits per heavy atom. The zero-order valence-corrected chi connectivity index (χ0v) is 16.5. The summed E-state index contributed by atoms with van der Waals surface area (Å²) in [6.45, 7) is 2.49. The first-order valence-corrected chi connectivity index (χ1v) is 9.47. The summed E-state index contributed by atoms with van der Waals surface area (Å²) in [5.41, 5.74) is 4.56. The van der Waals surface area contributed by atoms with E-state index in [2.05, 4.69) is 6.07 Å². The molecule has 0 bridgehead atoms. The minimum absolute atomic E-state index is 0.169. The zero-order chi connectivity index (χ0) is 19.7. The van der Waals surface area contributed by atoms with Gasteiger partial charge in [0.1, 0.15) is 0 Å². The first-order chi connectivity index (χ1) is 13.6. The van der Waals surface area contributed by atoms with Crippen LogP contribution in [-0.2, 0) is 6.54 Å². The lowest BCUT2D eigenvalue weighted by Gasteiger charge is -2.18. The van der Waals surface area contributed by atoms with E-state index in [9.17, 15) is 4.79 Å². The Morgan fingerprint density at radius 2 is 1.75 bits per heavy atom. The van der Waals surface area contributed by atoms with Gasteiger partial charge in [-0.1, -0.05) is 77.8 Å². The second-order valence-corrected chi connectivity index (χ2v) is 7.25. The van der Waals surface area contributed by atoms with Crippen LogP contribution in [0.1, 0.15) is 11.1 Å². The van der Waals surface area contributed by atoms with Crippen LogP contribution in [0.15, 0.2) is 77.6 Å². The van der Waals surface area contributed by atoms with Crippen LogP contribution >= 0.6 is 11.6 Å². The molecule has 28 heavy (non-hydrogen) atoms. The Hall–Kier alpha value is -3.04. The smallest absolute Gasteiger partial charge is 0.294 e. The molecule has 1 heterocycles. The number of rotatable bonds is 4. The van der Waals surface area contributed by atoms with Crippen molar-refractivity contribution in [2.45, 2.75) is 13.5 Å². The fourth-order valence-corrected chi connectivity index (χ4v) is 3.80. The topological polar surface area (TPSA) is 31.2 Å². The highest BCUT2D eigenvalue weighted by Crippen LogP contribution is 2.35. The number of aromatic nitrogens is 1. The van der Waals surface area contributed by atoms with E-state index in [-0.39, 0.29) is 5.56 Å². The summed E-state index contributed by atoms with van der Waals surface area (Å²) in [6, 6.07) is 23.6. The molecule has 0 aliphatic rings. The lowest BCUT2D eigenvalue weighted by atomic mass is 9.99. The normalized spacial score (nSPS) is 11.0. The van der Waals surface area contributed by atoms with Crippen LogP contribution in [-0.4, -0.2) is 11.7 Å². The third-order valence-electron chi connectivity index (χ3n) is 4.88. The summed E-state index contributed by atoms with van der Waals surface area (Å²) in [7, 11) is 1.54. The number of methoxy groups -OCH3 is 1. The number of hydrogen-bond donors (Lipinski definition) is 0. The van der Waals surface area contributed by atoms with Gasteiger partial charge in [0.2, 0.25) is 0 Å². The minimum Gasteiger partial charge on any atom is -0.491 e. The van der Waals surface area contributed by atoms with Gasteiger partial charge in [-0.25, -0.2) is 0 Å². The summed E-state index contributed by atoms with van der Waals surface area (Å²) >= 11 is 6.30. The van der Waals surface area contributed by atoms with Crippen molar-refractivity contribution < 1.29 is 4.74 Å². The molecular formula is C24H20ClNO2. The molecule has 0 saturated carbocycles. The molecule has 4 heteroatoms. The fourth-order valence-electron chi connectivity index (χ4n) is 3.63. The average molecular weight is 390 g/mol. The minimum atomic E-state index is -0.169. The molecule has 0 aliphatic heterocycles. The van der Waals surface area contributed by atoms with Crippen LogP contribution in [0.5, 0.6) is 5.75 Å². The van der Waals surface area contributed by atoms with E-state index in [4.69, 9.17) is 16.3 Å². The highest BCUT2D eigenvalue weighted by molar-refractivity contribution is 6.31. The van der Waals surface area contributed by atoms with Crippen molar-refractivity contribution in [3.05, 3.63) is 99.3 Å². The van der Waals surface area contributed by atoms with Crippen LogP contribution < -0.4 is 10.3 Å². The maximum absolute atomic E-state index is 13.4. The number of hydrogen-bond acceptors (Lipinski definition) is 2. The second-order valence-electron chi connectivity index (χ2n) is 6.82. The Kier molecular flexibility index (Phi) is 4.93. The van der Waals surface area contributed by atoms with Crippen molar-refractivity contribution in [3.63, 3.8) is 0 Å². The number of fused-ring (bicyclic) bond motifs is 1. The average Bonchev–Trinajstić information content (AvgIpc) is 2.70. The first kappa shape index (κ1) is 18.3. The predicted octanol–water partition coefficient (Wildman–Crippen LogP) is 5.69. The summed E-state index contributed by atoms with van der Waals surface area (Å²) in [4.78, 5) is 13.4. The van der Waals surface area contributed by atoms with Gasteiger partial charge in [-0.3, -0.25) is 4.79 Å². The molecule has 140 valence electrons. The summed E-state index contributed by atoms with van der Waals surface area (Å²) in [5, 5.41) is 1.52. The van der Waals surface area contributed by atoms with Gasteiger partial charge in [-0.2, -0.15) is 0 Å². The molecule has 3 aromatic carbocycles. The van der Waals surface area contributed by atoms with Gasteiger partial charge in [0.15, 0.2) is 5.75 Å². The Balaban J connectivity index is 2.05. The lowest BCUT2D eigenvalue weighted by molar-refractivity contribution is 0.407. The molecule has 0 radical (unpaired) electrons. The zero-order valence-electron chi connectivity index (χ0n) is 15.8. The molecule has 4 rings (SSSR count). The molecule has 0 saturated heterocycles. The van der Waals surface area contributed by atoms with Crippen molar-refractivity contribution in [2.24, 2.45) is 0 Å². The van der Waals surface area contributed by atoms with Crippen molar-refractivity contribution in [2.75, 3.05) is 7.11 Å². The number of benzene rings is 3. The van der Waals surface area contributed by atoms with Gasteiger partial charge in [-0.05, 0) is 30.2 Å². The van der Waals surface area contributed by atoms with Crippen LogP contribution in [0.3, 0.4) is 0 Å². The van der Waals surface area contributed by atoms with E-state index in [1.165, 1.54) is 0 Å². The van der Waals surface area contributed by atoms with Crippen molar-refractivity contribution >= 4 is 22.5 Å². The van der Waals surface area contributed by atoms with Crippen LogP contribution in [0, 0.1) is 6.92 Å². The summed E-state index contributed by atoms with van der Waals surface area (Å²) in [5.74, 6) is 0.341. The maximum atomic E-state index is 13.4. The molecule has 0 unspecified atom stereocenters. The summed E-state index contributed by atoms with van der Waals surface area (Å²) in [6.07, 6.45) is 0. The largest absolute Gasteiger partial charge is 0.491 e. The molecule has 0 atom stereocenters. The van der Waals surface area contributed by atoms with Gasteiger partial charge >= 0.3 is 0 Å². The molecule has 0 aliphatic carbocycles. The monoisotopic (exact) mass is 389 g/mol. The Labute approximate surface area is 168 Å². The Bertz CT molecular complexity index is 1210. The van der Waals surface area contributed by atoms with E-state index in [0.717, 1.165) is 33.2 Å². The highest BCUT2D eigenvalue weighted by atomic mass is 35.5. The number of halogens is 1. The van der Waals surface area contributed by atoms with Crippen molar-refractivity contribution in [3.8, 4) is 16.9 Å². The van der Waals surface area contributed by atoms with Gasteiger partial charge in [0.25, 0.3) is 5.56 Å². The van der Waals surface area contributed by atoms with Crippen molar-refractivity contribution in [1.82, 2.24) is 4.57 Å². The molecular weight excluding hydrogens is 370 g/mol. The quantitative estimate of drug-likeness (QED) is 0.449. The van der Waals surface area contributed by atoms with Crippen molar-refractivity contribution in [1.29, 1.82) is 0 Å². The van der Waals surface area contributed by atoms with Crippen LogP contribution in [0.25, 0.3) is 22.0 Å². The van der Waals surface area contributed by atoms with Crippen LogP contribution in [0.2, 0.25) is 5.02 Å². The first-order valence-electron chi connectivity index (χ1n) is 9.09. The number of aryl methyl sites for hydroxylation is 1. The van der Waals surface area contributed by atoms with Gasteiger partial charge in [0, 0.05) is 16.0 Å². The third-order valence-corrected chi connectivity index (χ3v) is 5.11. The second kappa shape index (κ2) is 7.53. The number of ether oxygens (including phenoxy) is 1. The molecule has 0 spiro atoms. The van der Waals surface area contributed by atoms with E-state index < -0.39 is 0 Å². The van der Waals surface area contributed by atoms with Gasteiger partial charge in [-0.15, -0.1) is 0 Å². The third kappa shape index (κ3) is 3.30. The molecule has 4 aromatic rings. The van der Waals surface area contributed by atoms with E-state index in [1.54, 1.807) is 11.7 Å². The summed E-state index contributed by atoms with van der Waals surface area (Å²) < 4.78 is 7.34. The van der Waals surface area contributed by atoms with Crippen LogP contribution in [0.4, 0.5) is 0 Å². The molecule has 0 fully saturated rings. The number of pyridine rings is 1. The molecule has 0 N–H and O–H groups in total. The van der Waals surface area contributed by atoms with Gasteiger partial charge < -0.3 is 9.30 Å². The van der Waals surface area contributed by atoms with E-state index >= 15 is 0 Å². The Morgan fingerprint density at radius 1 is 0.964 bits per heavy atom. The number of nitrogens with zero attached hydrogens (tertiary/aromatic N) is 1. The SMILES string of the molecule is COc1c(-c2ccccc2)c2ccc(Cl)cc2n(Cc2cccc(C)c2)c1=O. The van der Waals surface area contributed by atoms with E-state index in [1.807, 2.05) is 73.7 Å². The molecule has 1 aromatic heterocycles. The maximum Gasteiger partial charge on any atom is 0.294 e. The molecule has 0 amide bonds. The lowest BCUT2D eigenvalue weighted by Crippen LogP contribution is -2.23. The van der Waals surface area contributed by atoms with E-state index in [0.29, 0.717) is 17.3 Å². The standard InChI is InChI=1S/C24H20ClNO2/c1-16-7-6-8-17(13-16)15-26-21-14-19(25)11-12-20(21)22(23(28-2)24(26)27)18-9-4-3-5-10-18/h3-14H,15H2,1-2H3.